The number of ether oxygens (including phenoxy) is 4. The van der Waals surface area contributed by atoms with Gasteiger partial charge in [-0.15, -0.1) is 0 Å². The molecule has 4 saturated carbocycles. The zero-order chi connectivity index (χ0) is 32.6. The first-order chi connectivity index (χ1) is 22.6. The van der Waals surface area contributed by atoms with Crippen molar-refractivity contribution in [1.29, 1.82) is 0 Å². The molecule has 3 aliphatic heterocycles. The van der Waals surface area contributed by atoms with Gasteiger partial charge >= 0.3 is 0 Å². The Morgan fingerprint density at radius 3 is 2.55 bits per heavy atom. The van der Waals surface area contributed by atoms with E-state index in [0.717, 1.165) is 60.7 Å². The zero-order valence-corrected chi connectivity index (χ0v) is 29.0. The van der Waals surface area contributed by atoms with Crippen molar-refractivity contribution in [2.75, 3.05) is 19.9 Å². The van der Waals surface area contributed by atoms with E-state index in [-0.39, 0.29) is 36.9 Å². The van der Waals surface area contributed by atoms with Crippen molar-refractivity contribution in [2.24, 2.45) is 52.3 Å². The van der Waals surface area contributed by atoms with Crippen LogP contribution in [0.3, 0.4) is 0 Å². The van der Waals surface area contributed by atoms with Crippen LogP contribution in [0.4, 0.5) is 0 Å². The summed E-state index contributed by atoms with van der Waals surface area (Å²) in [5.74, 6) is 5.44. The van der Waals surface area contributed by atoms with Crippen LogP contribution in [0, 0.1) is 52.3 Å². The van der Waals surface area contributed by atoms with Crippen molar-refractivity contribution in [3.63, 3.8) is 0 Å². The first-order valence-electron chi connectivity index (χ1n) is 18.8. The second-order valence-corrected chi connectivity index (χ2v) is 17.2. The molecule has 258 valence electrons. The number of carbonyl (C=O) groups is 2. The van der Waals surface area contributed by atoms with Crippen molar-refractivity contribution < 1.29 is 28.5 Å². The molecule has 2 N–H and O–H groups in total. The molecule has 1 aromatic carbocycles. The zero-order valence-electron chi connectivity index (χ0n) is 29.0. The lowest BCUT2D eigenvalue weighted by Gasteiger charge is -2.61. The standard InChI is InChI=1S/C39H56N2O6/c1-23-9-15-39(46-21-23)24(2)36-33(47-39)19-30-28-7-6-26-18-27(10-13-37(26,3)29(28)11-14-38(30,36)4)41-35(43)20-34(42)40-16-12-25-5-8-31-32(17-25)45-22-44-31/h5,8,17,23-24,26-30,33,36H,6-7,9-16,18-22H2,1-4H3,(H,40,42)(H,41,43)/t23-,24-,26+,27+,28+,29-,30-,33-,36-,37-,38-,39+/m0/s1. The molecule has 1 aromatic rings. The van der Waals surface area contributed by atoms with Gasteiger partial charge in [0.05, 0.1) is 12.7 Å². The first-order valence-corrected chi connectivity index (χ1v) is 18.8. The largest absolute Gasteiger partial charge is 0.454 e. The fourth-order valence-electron chi connectivity index (χ4n) is 12.3. The molecule has 3 heterocycles. The van der Waals surface area contributed by atoms with Gasteiger partial charge in [-0.2, -0.15) is 0 Å². The minimum Gasteiger partial charge on any atom is -0.454 e. The summed E-state index contributed by atoms with van der Waals surface area (Å²) in [6, 6.07) is 6.00. The molecule has 8 heteroatoms. The number of hydrogen-bond donors (Lipinski definition) is 2. The molecule has 12 atom stereocenters. The van der Waals surface area contributed by atoms with Crippen molar-refractivity contribution in [3.8, 4) is 11.5 Å². The topological polar surface area (TPSA) is 95.1 Å². The van der Waals surface area contributed by atoms with Crippen LogP contribution >= 0.6 is 0 Å². The second-order valence-electron chi connectivity index (χ2n) is 17.2. The molecule has 1 spiro atoms. The Labute approximate surface area is 280 Å². The maximum absolute atomic E-state index is 12.9. The number of benzene rings is 1. The van der Waals surface area contributed by atoms with Crippen LogP contribution in [0.2, 0.25) is 0 Å². The number of carbonyl (C=O) groups excluding carboxylic acids is 2. The molecule has 8 nitrogen and oxygen atoms in total. The fourth-order valence-corrected chi connectivity index (χ4v) is 12.3. The Morgan fingerprint density at radius 1 is 0.894 bits per heavy atom. The Kier molecular flexibility index (Phi) is 8.10. The molecule has 7 aliphatic rings. The highest BCUT2D eigenvalue weighted by Gasteiger charge is 2.69. The summed E-state index contributed by atoms with van der Waals surface area (Å²) < 4.78 is 24.3. The van der Waals surface area contributed by atoms with Crippen LogP contribution in [0.15, 0.2) is 18.2 Å². The molecule has 2 amide bonds. The Morgan fingerprint density at radius 2 is 1.72 bits per heavy atom. The van der Waals surface area contributed by atoms with Gasteiger partial charge in [0, 0.05) is 24.9 Å². The average Bonchev–Trinajstić information content (AvgIpc) is 3.70. The van der Waals surface area contributed by atoms with Crippen LogP contribution in [0.1, 0.15) is 104 Å². The summed E-state index contributed by atoms with van der Waals surface area (Å²) in [6.07, 6.45) is 12.8. The molecule has 0 aromatic heterocycles. The quantitative estimate of drug-likeness (QED) is 0.347. The van der Waals surface area contributed by atoms with E-state index in [0.29, 0.717) is 53.6 Å². The van der Waals surface area contributed by atoms with Gasteiger partial charge in [-0.1, -0.05) is 33.8 Å². The van der Waals surface area contributed by atoms with E-state index in [1.54, 1.807) is 0 Å². The van der Waals surface area contributed by atoms with E-state index >= 15 is 0 Å². The van der Waals surface area contributed by atoms with E-state index < -0.39 is 0 Å². The minimum absolute atomic E-state index is 0.112. The Hall–Kier alpha value is -2.32. The Bertz CT molecular complexity index is 1370. The molecule has 2 saturated heterocycles. The molecule has 0 radical (unpaired) electrons. The predicted octanol–water partition coefficient (Wildman–Crippen LogP) is 6.40. The van der Waals surface area contributed by atoms with Crippen LogP contribution in [0.5, 0.6) is 11.5 Å². The van der Waals surface area contributed by atoms with E-state index in [9.17, 15) is 9.59 Å². The maximum atomic E-state index is 12.9. The SMILES string of the molecule is C[C@H]1CC[C@@]2(OC1)O[C@H]1C[C@H]3[C@@H]4CC[C@@H]5C[C@H](NC(=O)CC(=O)NCCc6ccc7c(c6)OCO7)CC[C@]5(C)[C@H]4CC[C@]3(C)[C@H]1[C@@H]2C. The lowest BCUT2D eigenvalue weighted by Crippen LogP contribution is -2.56. The summed E-state index contributed by atoms with van der Waals surface area (Å²) in [5, 5.41) is 6.17. The van der Waals surface area contributed by atoms with Gasteiger partial charge in [-0.3, -0.25) is 9.59 Å². The third-order valence-corrected chi connectivity index (χ3v) is 14.8. The summed E-state index contributed by atoms with van der Waals surface area (Å²) in [5.41, 5.74) is 1.75. The highest BCUT2D eigenvalue weighted by atomic mass is 16.7. The van der Waals surface area contributed by atoms with Gasteiger partial charge in [-0.25, -0.2) is 0 Å². The lowest BCUT2D eigenvalue weighted by atomic mass is 9.44. The van der Waals surface area contributed by atoms with Gasteiger partial charge < -0.3 is 29.6 Å². The van der Waals surface area contributed by atoms with Crippen LogP contribution in [-0.2, 0) is 25.5 Å². The van der Waals surface area contributed by atoms with Crippen LogP contribution in [-0.4, -0.2) is 49.7 Å². The normalized spacial score (nSPS) is 44.6. The third-order valence-electron chi connectivity index (χ3n) is 14.8. The molecule has 47 heavy (non-hydrogen) atoms. The van der Waals surface area contributed by atoms with Crippen molar-refractivity contribution >= 4 is 11.8 Å². The summed E-state index contributed by atoms with van der Waals surface area (Å²) >= 11 is 0. The van der Waals surface area contributed by atoms with Gasteiger partial charge in [0.15, 0.2) is 17.3 Å². The van der Waals surface area contributed by atoms with Crippen LogP contribution < -0.4 is 20.1 Å². The van der Waals surface area contributed by atoms with Gasteiger partial charge in [0.1, 0.15) is 6.42 Å². The molecule has 4 aliphatic carbocycles. The maximum Gasteiger partial charge on any atom is 0.231 e. The van der Waals surface area contributed by atoms with Crippen molar-refractivity contribution in [2.45, 2.75) is 123 Å². The number of fused-ring (bicyclic) bond motifs is 8. The van der Waals surface area contributed by atoms with Gasteiger partial charge in [-0.05, 0) is 128 Å². The second kappa shape index (κ2) is 11.9. The smallest absolute Gasteiger partial charge is 0.231 e. The van der Waals surface area contributed by atoms with Gasteiger partial charge in [0.25, 0.3) is 0 Å². The van der Waals surface area contributed by atoms with Gasteiger partial charge in [0.2, 0.25) is 18.6 Å². The monoisotopic (exact) mass is 648 g/mol. The lowest BCUT2D eigenvalue weighted by molar-refractivity contribution is -0.273. The predicted molar refractivity (Wildman–Crippen MR) is 178 cm³/mol. The number of hydrogen-bond acceptors (Lipinski definition) is 6. The molecular weight excluding hydrogens is 592 g/mol. The molecular formula is C39H56N2O6. The molecule has 0 bridgehead atoms. The molecule has 0 unspecified atom stereocenters. The van der Waals surface area contributed by atoms with E-state index in [4.69, 9.17) is 18.9 Å². The van der Waals surface area contributed by atoms with E-state index in [1.807, 2.05) is 18.2 Å². The number of rotatable bonds is 6. The fraction of sp³-hybridized carbons (Fsp3) is 0.795. The Balaban J connectivity index is 0.832. The number of amides is 2. The van der Waals surface area contributed by atoms with E-state index in [2.05, 4.69) is 38.3 Å². The average molecular weight is 649 g/mol. The first kappa shape index (κ1) is 31.9. The number of nitrogens with one attached hydrogen (secondary N) is 2. The summed E-state index contributed by atoms with van der Waals surface area (Å²) in [4.78, 5) is 25.5. The summed E-state index contributed by atoms with van der Waals surface area (Å²) in [6.45, 7) is 11.5. The summed E-state index contributed by atoms with van der Waals surface area (Å²) in [7, 11) is 0. The third kappa shape index (κ3) is 5.39. The molecule has 6 fully saturated rings. The molecule has 8 rings (SSSR count). The van der Waals surface area contributed by atoms with Crippen LogP contribution in [0.25, 0.3) is 0 Å². The van der Waals surface area contributed by atoms with E-state index in [1.165, 1.54) is 44.9 Å². The highest BCUT2D eigenvalue weighted by Crippen LogP contribution is 2.71. The van der Waals surface area contributed by atoms with Crippen molar-refractivity contribution in [3.05, 3.63) is 23.8 Å². The minimum atomic E-state index is -0.339. The van der Waals surface area contributed by atoms with Crippen molar-refractivity contribution in [1.82, 2.24) is 10.6 Å². The highest BCUT2D eigenvalue weighted by molar-refractivity contribution is 5.96.